The molecule has 2 atom stereocenters. The second kappa shape index (κ2) is 7.88. The average molecular weight is 329 g/mol. The van der Waals surface area contributed by atoms with Gasteiger partial charge in [0.05, 0.1) is 0 Å². The molecule has 130 valence electrons. The Labute approximate surface area is 143 Å². The zero-order valence-corrected chi connectivity index (χ0v) is 14.8. The monoisotopic (exact) mass is 329 g/mol. The number of aromatic nitrogens is 2. The first-order valence-corrected chi connectivity index (χ1v) is 8.64. The van der Waals surface area contributed by atoms with Crippen molar-refractivity contribution in [1.82, 2.24) is 25.3 Å². The van der Waals surface area contributed by atoms with Gasteiger partial charge in [-0.1, -0.05) is 35.5 Å². The Bertz CT molecular complexity index is 621. The van der Waals surface area contributed by atoms with E-state index in [1.165, 1.54) is 5.56 Å². The third kappa shape index (κ3) is 4.01. The molecule has 2 heterocycles. The molecule has 2 unspecified atom stereocenters. The van der Waals surface area contributed by atoms with Gasteiger partial charge in [-0.2, -0.15) is 4.98 Å². The van der Waals surface area contributed by atoms with E-state index in [1.54, 1.807) is 0 Å². The van der Waals surface area contributed by atoms with Crippen LogP contribution in [0.3, 0.4) is 0 Å². The average Bonchev–Trinajstić information content (AvgIpc) is 3.05. The first kappa shape index (κ1) is 17.1. The van der Waals surface area contributed by atoms with Crippen molar-refractivity contribution in [2.24, 2.45) is 0 Å². The maximum atomic E-state index is 5.66. The summed E-state index contributed by atoms with van der Waals surface area (Å²) in [5.41, 5.74) is 1.21. The molecule has 1 aromatic heterocycles. The van der Waals surface area contributed by atoms with Gasteiger partial charge in [-0.25, -0.2) is 0 Å². The summed E-state index contributed by atoms with van der Waals surface area (Å²) in [6.07, 6.45) is 0.768. The summed E-state index contributed by atoms with van der Waals surface area (Å²) in [5.74, 6) is 1.46. The van der Waals surface area contributed by atoms with Crippen LogP contribution < -0.4 is 5.32 Å². The first-order valence-electron chi connectivity index (χ1n) is 8.64. The van der Waals surface area contributed by atoms with Crippen LogP contribution in [0.25, 0.3) is 0 Å². The fraction of sp³-hybridized carbons (Fsp3) is 0.556. The van der Waals surface area contributed by atoms with E-state index >= 15 is 0 Å². The summed E-state index contributed by atoms with van der Waals surface area (Å²) < 4.78 is 5.66. The molecule has 1 aromatic carbocycles. The van der Waals surface area contributed by atoms with Crippen molar-refractivity contribution in [1.29, 1.82) is 0 Å². The molecule has 0 spiro atoms. The lowest BCUT2D eigenvalue weighted by Gasteiger charge is -2.36. The largest absolute Gasteiger partial charge is 0.337 e. The minimum absolute atomic E-state index is 0.0334. The Morgan fingerprint density at radius 1 is 1.17 bits per heavy atom. The minimum Gasteiger partial charge on any atom is -0.337 e. The fourth-order valence-corrected chi connectivity index (χ4v) is 3.06. The van der Waals surface area contributed by atoms with Crippen LogP contribution in [-0.2, 0) is 6.42 Å². The van der Waals surface area contributed by atoms with Crippen molar-refractivity contribution in [2.45, 2.75) is 25.4 Å². The van der Waals surface area contributed by atoms with Gasteiger partial charge in [-0.15, -0.1) is 0 Å². The summed E-state index contributed by atoms with van der Waals surface area (Å²) in [6.45, 7) is 6.23. The maximum absolute atomic E-state index is 5.66. The van der Waals surface area contributed by atoms with Gasteiger partial charge >= 0.3 is 0 Å². The standard InChI is InChI=1S/C18H27N5O/c1-14(19-2)13-16-20-18(24-21-16)17(15-7-5-4-6-8-15)23-11-9-22(3)10-12-23/h4-8,14,17,19H,9-13H2,1-3H3. The lowest BCUT2D eigenvalue weighted by atomic mass is 10.0. The molecule has 6 nitrogen and oxygen atoms in total. The molecule has 6 heteroatoms. The highest BCUT2D eigenvalue weighted by molar-refractivity contribution is 5.24. The van der Waals surface area contributed by atoms with Crippen LogP contribution in [0.1, 0.15) is 30.2 Å². The third-order valence-corrected chi connectivity index (χ3v) is 4.72. The number of hydrogen-bond donors (Lipinski definition) is 1. The number of hydrogen-bond acceptors (Lipinski definition) is 6. The summed E-state index contributed by atoms with van der Waals surface area (Å²) in [5, 5.41) is 7.41. The highest BCUT2D eigenvalue weighted by Gasteiger charge is 2.29. The first-order chi connectivity index (χ1) is 11.7. The van der Waals surface area contributed by atoms with Gasteiger partial charge in [0, 0.05) is 38.6 Å². The van der Waals surface area contributed by atoms with Gasteiger partial charge in [-0.05, 0) is 26.6 Å². The van der Waals surface area contributed by atoms with Crippen LogP contribution in [0.5, 0.6) is 0 Å². The summed E-state index contributed by atoms with van der Waals surface area (Å²) >= 11 is 0. The topological polar surface area (TPSA) is 57.4 Å². The molecule has 24 heavy (non-hydrogen) atoms. The van der Waals surface area contributed by atoms with Crippen LogP contribution in [0, 0.1) is 0 Å². The van der Waals surface area contributed by atoms with E-state index in [0.29, 0.717) is 11.9 Å². The molecule has 0 saturated carbocycles. The molecular weight excluding hydrogens is 302 g/mol. The van der Waals surface area contributed by atoms with E-state index in [9.17, 15) is 0 Å². The Morgan fingerprint density at radius 3 is 2.54 bits per heavy atom. The molecule has 1 aliphatic rings. The normalized spacial score (nSPS) is 19.3. The van der Waals surface area contributed by atoms with Crippen molar-refractivity contribution in [3.05, 3.63) is 47.6 Å². The van der Waals surface area contributed by atoms with Crippen LogP contribution in [-0.4, -0.2) is 66.3 Å². The molecule has 1 fully saturated rings. The van der Waals surface area contributed by atoms with E-state index in [1.807, 2.05) is 13.1 Å². The molecule has 0 aliphatic carbocycles. The predicted octanol–water partition coefficient (Wildman–Crippen LogP) is 1.56. The number of benzene rings is 1. The zero-order valence-electron chi connectivity index (χ0n) is 14.8. The highest BCUT2D eigenvalue weighted by Crippen LogP contribution is 2.28. The van der Waals surface area contributed by atoms with Gasteiger partial charge in [0.15, 0.2) is 5.82 Å². The molecular formula is C18H27N5O. The minimum atomic E-state index is 0.0334. The predicted molar refractivity (Wildman–Crippen MR) is 93.9 cm³/mol. The number of nitrogens with zero attached hydrogens (tertiary/aromatic N) is 4. The third-order valence-electron chi connectivity index (χ3n) is 4.72. The molecule has 1 aliphatic heterocycles. The van der Waals surface area contributed by atoms with Crippen LogP contribution in [0.4, 0.5) is 0 Å². The summed E-state index contributed by atoms with van der Waals surface area (Å²) in [4.78, 5) is 9.49. The SMILES string of the molecule is CNC(C)Cc1noc(C(c2ccccc2)N2CCN(C)CC2)n1. The van der Waals surface area contributed by atoms with E-state index in [2.05, 4.69) is 58.5 Å². The van der Waals surface area contributed by atoms with E-state index < -0.39 is 0 Å². The van der Waals surface area contributed by atoms with Crippen molar-refractivity contribution >= 4 is 0 Å². The molecule has 1 N–H and O–H groups in total. The Morgan fingerprint density at radius 2 is 1.88 bits per heavy atom. The Hall–Kier alpha value is -1.76. The fourth-order valence-electron chi connectivity index (χ4n) is 3.06. The maximum Gasteiger partial charge on any atom is 0.248 e. The van der Waals surface area contributed by atoms with E-state index in [0.717, 1.165) is 38.4 Å². The van der Waals surface area contributed by atoms with Gasteiger partial charge in [-0.3, -0.25) is 4.90 Å². The number of nitrogens with one attached hydrogen (secondary N) is 1. The van der Waals surface area contributed by atoms with Gasteiger partial charge in [0.25, 0.3) is 0 Å². The quantitative estimate of drug-likeness (QED) is 0.868. The molecule has 2 aromatic rings. The van der Waals surface area contributed by atoms with Crippen LogP contribution in [0.15, 0.2) is 34.9 Å². The lowest BCUT2D eigenvalue weighted by molar-refractivity contribution is 0.111. The zero-order chi connectivity index (χ0) is 16.9. The molecule has 3 rings (SSSR count). The number of rotatable bonds is 6. The lowest BCUT2D eigenvalue weighted by Crippen LogP contribution is -2.46. The van der Waals surface area contributed by atoms with Crippen LogP contribution in [0.2, 0.25) is 0 Å². The summed E-state index contributed by atoms with van der Waals surface area (Å²) in [7, 11) is 4.11. The highest BCUT2D eigenvalue weighted by atomic mass is 16.5. The van der Waals surface area contributed by atoms with Crippen molar-refractivity contribution in [2.75, 3.05) is 40.3 Å². The van der Waals surface area contributed by atoms with E-state index in [4.69, 9.17) is 9.51 Å². The van der Waals surface area contributed by atoms with Crippen LogP contribution >= 0.6 is 0 Å². The summed E-state index contributed by atoms with van der Waals surface area (Å²) in [6, 6.07) is 10.8. The molecule has 0 radical (unpaired) electrons. The molecule has 1 saturated heterocycles. The Balaban J connectivity index is 1.85. The second-order valence-electron chi connectivity index (χ2n) is 6.60. The molecule has 0 amide bonds. The van der Waals surface area contributed by atoms with Gasteiger partial charge in [0.2, 0.25) is 5.89 Å². The number of piperazine rings is 1. The molecule has 0 bridgehead atoms. The van der Waals surface area contributed by atoms with Crippen molar-refractivity contribution in [3.8, 4) is 0 Å². The van der Waals surface area contributed by atoms with Gasteiger partial charge < -0.3 is 14.7 Å². The Kier molecular flexibility index (Phi) is 5.60. The van der Waals surface area contributed by atoms with Gasteiger partial charge in [0.1, 0.15) is 6.04 Å². The van der Waals surface area contributed by atoms with Crippen molar-refractivity contribution < 1.29 is 4.52 Å². The smallest absolute Gasteiger partial charge is 0.248 e. The van der Waals surface area contributed by atoms with Crippen molar-refractivity contribution in [3.63, 3.8) is 0 Å². The number of likely N-dealkylation sites (N-methyl/N-ethyl adjacent to an activating group) is 2. The second-order valence-corrected chi connectivity index (χ2v) is 6.60. The van der Waals surface area contributed by atoms with E-state index in [-0.39, 0.29) is 6.04 Å².